The summed E-state index contributed by atoms with van der Waals surface area (Å²) in [6.45, 7) is 9.31. The van der Waals surface area contributed by atoms with Gasteiger partial charge in [0.25, 0.3) is 0 Å². The van der Waals surface area contributed by atoms with Gasteiger partial charge in [-0.3, -0.25) is 4.90 Å². The number of benzene rings is 1. The number of ether oxygens (including phenoxy) is 1. The molecule has 1 aliphatic rings. The summed E-state index contributed by atoms with van der Waals surface area (Å²) in [6.07, 6.45) is 1.05. The Morgan fingerprint density at radius 3 is 2.55 bits per heavy atom. The van der Waals surface area contributed by atoms with Gasteiger partial charge < -0.3 is 9.30 Å². The van der Waals surface area contributed by atoms with Crippen molar-refractivity contribution in [1.82, 2.24) is 9.47 Å². The molecule has 118 valence electrons. The molecule has 2 heterocycles. The molecule has 1 aromatic carbocycles. The molecule has 2 aromatic rings. The van der Waals surface area contributed by atoms with Gasteiger partial charge in [0.2, 0.25) is 0 Å². The van der Waals surface area contributed by atoms with E-state index in [4.69, 9.17) is 4.74 Å². The van der Waals surface area contributed by atoms with Crippen molar-refractivity contribution >= 4 is 16.9 Å². The third-order valence-corrected chi connectivity index (χ3v) is 4.45. The van der Waals surface area contributed by atoms with Crippen molar-refractivity contribution in [2.75, 3.05) is 13.7 Å². The van der Waals surface area contributed by atoms with Crippen LogP contribution in [0, 0.1) is 6.92 Å². The minimum atomic E-state index is -0.203. The highest BCUT2D eigenvalue weighted by molar-refractivity contribution is 6.06. The summed E-state index contributed by atoms with van der Waals surface area (Å²) in [7, 11) is 2.13. The molecule has 1 aliphatic heterocycles. The monoisotopic (exact) mass is 300 g/mol. The number of carbonyl (C=O) groups is 1. The maximum Gasteiger partial charge on any atom is 0.340 e. The van der Waals surface area contributed by atoms with Crippen LogP contribution in [0.15, 0.2) is 12.1 Å². The van der Waals surface area contributed by atoms with E-state index in [2.05, 4.69) is 35.6 Å². The lowest BCUT2D eigenvalue weighted by molar-refractivity contribution is 0.0527. The van der Waals surface area contributed by atoms with Gasteiger partial charge in [0.1, 0.15) is 0 Å². The second-order valence-corrected chi connectivity index (χ2v) is 6.14. The Bertz CT molecular complexity index is 730. The first-order valence-corrected chi connectivity index (χ1v) is 8.07. The number of aryl methyl sites for hydroxylation is 1. The van der Waals surface area contributed by atoms with Crippen LogP contribution in [-0.4, -0.2) is 29.1 Å². The smallest absolute Gasteiger partial charge is 0.340 e. The number of aromatic nitrogens is 1. The molecule has 22 heavy (non-hydrogen) atoms. The highest BCUT2D eigenvalue weighted by atomic mass is 16.5. The SMILES string of the molecule is CCCn1c(C)c(C(=O)OCC)c2cc3c(cc21)CN(C)C3. The van der Waals surface area contributed by atoms with Gasteiger partial charge in [0.05, 0.1) is 12.2 Å². The Labute approximate surface area is 131 Å². The largest absolute Gasteiger partial charge is 0.462 e. The van der Waals surface area contributed by atoms with Crippen molar-refractivity contribution in [2.45, 2.75) is 46.8 Å². The van der Waals surface area contributed by atoms with Crippen molar-refractivity contribution in [1.29, 1.82) is 0 Å². The van der Waals surface area contributed by atoms with Gasteiger partial charge in [-0.25, -0.2) is 4.79 Å². The average molecular weight is 300 g/mol. The molecule has 0 saturated carbocycles. The lowest BCUT2D eigenvalue weighted by Gasteiger charge is -2.07. The van der Waals surface area contributed by atoms with Crippen molar-refractivity contribution < 1.29 is 9.53 Å². The van der Waals surface area contributed by atoms with Crippen LogP contribution >= 0.6 is 0 Å². The molecule has 0 atom stereocenters. The highest BCUT2D eigenvalue weighted by Gasteiger charge is 2.24. The Hall–Kier alpha value is -1.81. The van der Waals surface area contributed by atoms with Gasteiger partial charge in [-0.2, -0.15) is 0 Å². The molecule has 4 heteroatoms. The summed E-state index contributed by atoms with van der Waals surface area (Å²) in [5, 5.41) is 1.04. The molecule has 0 spiro atoms. The molecule has 0 radical (unpaired) electrons. The van der Waals surface area contributed by atoms with Gasteiger partial charge in [-0.1, -0.05) is 6.92 Å². The molecular formula is C18H24N2O2. The number of nitrogens with zero attached hydrogens (tertiary/aromatic N) is 2. The molecular weight excluding hydrogens is 276 g/mol. The van der Waals surface area contributed by atoms with E-state index < -0.39 is 0 Å². The molecule has 1 aromatic heterocycles. The molecule has 0 bridgehead atoms. The second-order valence-electron chi connectivity index (χ2n) is 6.14. The zero-order valence-electron chi connectivity index (χ0n) is 13.9. The van der Waals surface area contributed by atoms with Crippen LogP contribution in [0.1, 0.15) is 47.4 Å². The lowest BCUT2D eigenvalue weighted by Crippen LogP contribution is -2.08. The number of hydrogen-bond donors (Lipinski definition) is 0. The van der Waals surface area contributed by atoms with E-state index in [1.165, 1.54) is 11.1 Å². The first kappa shape index (κ1) is 15.1. The summed E-state index contributed by atoms with van der Waals surface area (Å²) >= 11 is 0. The van der Waals surface area contributed by atoms with E-state index in [0.717, 1.165) is 48.2 Å². The van der Waals surface area contributed by atoms with E-state index in [-0.39, 0.29) is 5.97 Å². The topological polar surface area (TPSA) is 34.5 Å². The standard InChI is InChI=1S/C18H24N2O2/c1-5-7-20-12(3)17(18(21)22-6-2)15-8-13-10-19(4)11-14(13)9-16(15)20/h8-9H,5-7,10-11H2,1-4H3. The van der Waals surface area contributed by atoms with Crippen molar-refractivity contribution in [2.24, 2.45) is 0 Å². The second kappa shape index (κ2) is 5.76. The molecule has 0 unspecified atom stereocenters. The summed E-state index contributed by atoms with van der Waals surface area (Å²) in [5.74, 6) is -0.203. The molecule has 0 saturated heterocycles. The van der Waals surface area contributed by atoms with Gasteiger partial charge in [0, 0.05) is 36.2 Å². The van der Waals surface area contributed by atoms with E-state index in [0.29, 0.717) is 6.61 Å². The van der Waals surface area contributed by atoms with Crippen molar-refractivity contribution in [3.63, 3.8) is 0 Å². The van der Waals surface area contributed by atoms with Crippen LogP contribution in [0.2, 0.25) is 0 Å². The highest BCUT2D eigenvalue weighted by Crippen LogP contribution is 2.33. The summed E-state index contributed by atoms with van der Waals surface area (Å²) in [5.41, 5.74) is 5.63. The zero-order chi connectivity index (χ0) is 15.9. The fourth-order valence-corrected chi connectivity index (χ4v) is 3.51. The van der Waals surface area contributed by atoms with E-state index >= 15 is 0 Å². The number of esters is 1. The first-order chi connectivity index (χ1) is 10.6. The minimum Gasteiger partial charge on any atom is -0.462 e. The minimum absolute atomic E-state index is 0.203. The molecule has 0 fully saturated rings. The summed E-state index contributed by atoms with van der Waals surface area (Å²) in [4.78, 5) is 14.7. The Kier molecular flexibility index (Phi) is 3.96. The Morgan fingerprint density at radius 1 is 1.23 bits per heavy atom. The van der Waals surface area contributed by atoms with Gasteiger partial charge in [-0.05, 0) is 50.6 Å². The number of hydrogen-bond acceptors (Lipinski definition) is 3. The van der Waals surface area contributed by atoms with E-state index in [9.17, 15) is 4.79 Å². The normalized spacial score (nSPS) is 14.5. The third-order valence-electron chi connectivity index (χ3n) is 4.45. The molecule has 3 rings (SSSR count). The van der Waals surface area contributed by atoms with Crippen LogP contribution in [0.4, 0.5) is 0 Å². The van der Waals surface area contributed by atoms with Gasteiger partial charge in [-0.15, -0.1) is 0 Å². The number of fused-ring (bicyclic) bond motifs is 2. The maximum absolute atomic E-state index is 12.4. The van der Waals surface area contributed by atoms with Crippen LogP contribution in [-0.2, 0) is 24.4 Å². The quantitative estimate of drug-likeness (QED) is 0.811. The van der Waals surface area contributed by atoms with Crippen LogP contribution < -0.4 is 0 Å². The maximum atomic E-state index is 12.4. The predicted molar refractivity (Wildman–Crippen MR) is 88.1 cm³/mol. The van der Waals surface area contributed by atoms with Gasteiger partial charge >= 0.3 is 5.97 Å². The summed E-state index contributed by atoms with van der Waals surface area (Å²) in [6, 6.07) is 4.46. The van der Waals surface area contributed by atoms with Gasteiger partial charge in [0.15, 0.2) is 0 Å². The first-order valence-electron chi connectivity index (χ1n) is 8.07. The van der Waals surface area contributed by atoms with Crippen LogP contribution in [0.5, 0.6) is 0 Å². The lowest BCUT2D eigenvalue weighted by atomic mass is 10.0. The predicted octanol–water partition coefficient (Wildman–Crippen LogP) is 3.48. The molecule has 0 N–H and O–H groups in total. The van der Waals surface area contributed by atoms with Crippen LogP contribution in [0.3, 0.4) is 0 Å². The van der Waals surface area contributed by atoms with Crippen LogP contribution in [0.25, 0.3) is 10.9 Å². The van der Waals surface area contributed by atoms with E-state index in [1.54, 1.807) is 0 Å². The fraction of sp³-hybridized carbons (Fsp3) is 0.500. The van der Waals surface area contributed by atoms with Crippen molar-refractivity contribution in [3.05, 3.63) is 34.5 Å². The Morgan fingerprint density at radius 2 is 1.91 bits per heavy atom. The fourth-order valence-electron chi connectivity index (χ4n) is 3.51. The molecule has 0 amide bonds. The average Bonchev–Trinajstić information content (AvgIpc) is 2.94. The summed E-state index contributed by atoms with van der Waals surface area (Å²) < 4.78 is 7.55. The molecule has 4 nitrogen and oxygen atoms in total. The number of rotatable bonds is 4. The Balaban J connectivity index is 2.23. The van der Waals surface area contributed by atoms with E-state index in [1.807, 2.05) is 13.8 Å². The van der Waals surface area contributed by atoms with Crippen molar-refractivity contribution in [3.8, 4) is 0 Å². The number of carbonyl (C=O) groups excluding carboxylic acids is 1. The zero-order valence-corrected chi connectivity index (χ0v) is 13.9. The third kappa shape index (κ3) is 2.31. The molecule has 0 aliphatic carbocycles.